The molecule has 2 fully saturated rings. The average Bonchev–Trinajstić information content (AvgIpc) is 3.20. The molecule has 1 aliphatic carbocycles. The third-order valence-corrected chi connectivity index (χ3v) is 5.81. The van der Waals surface area contributed by atoms with E-state index in [9.17, 15) is 9.59 Å². The van der Waals surface area contributed by atoms with Crippen molar-refractivity contribution < 1.29 is 9.59 Å². The first kappa shape index (κ1) is 16.7. The Morgan fingerprint density at radius 1 is 1.35 bits per heavy atom. The summed E-state index contributed by atoms with van der Waals surface area (Å²) in [6, 6.07) is 2.50. The Morgan fingerprint density at radius 3 is 2.87 bits per heavy atom. The van der Waals surface area contributed by atoms with Crippen LogP contribution < -0.4 is 5.32 Å². The van der Waals surface area contributed by atoms with Gasteiger partial charge in [0.2, 0.25) is 5.91 Å². The zero-order valence-corrected chi connectivity index (χ0v) is 14.7. The highest BCUT2D eigenvalue weighted by Gasteiger charge is 2.25. The quantitative estimate of drug-likeness (QED) is 0.779. The van der Waals surface area contributed by atoms with Crippen molar-refractivity contribution >= 4 is 23.0 Å². The molecule has 5 heteroatoms. The van der Waals surface area contributed by atoms with Crippen LogP contribution in [0, 0.1) is 5.92 Å². The summed E-state index contributed by atoms with van der Waals surface area (Å²) in [4.78, 5) is 26.5. The summed E-state index contributed by atoms with van der Waals surface area (Å²) in [6.07, 6.45) is 6.42. The SMILES string of the molecule is CC(=O)c1cc(CN2CCCC(CCC(=O)NC3CC3)C2)cs1. The maximum absolute atomic E-state index is 11.8. The maximum atomic E-state index is 11.8. The number of rotatable bonds is 7. The molecule has 0 bridgehead atoms. The predicted octanol–water partition coefficient (Wildman–Crippen LogP) is 3.22. The van der Waals surface area contributed by atoms with Crippen LogP contribution in [0.3, 0.4) is 0 Å². The second-order valence-electron chi connectivity index (χ2n) is 7.00. The third kappa shape index (κ3) is 5.15. The second-order valence-corrected chi connectivity index (χ2v) is 7.91. The predicted molar refractivity (Wildman–Crippen MR) is 92.7 cm³/mol. The van der Waals surface area contributed by atoms with Gasteiger partial charge >= 0.3 is 0 Å². The number of ketones is 1. The van der Waals surface area contributed by atoms with Gasteiger partial charge in [0, 0.05) is 25.6 Å². The Labute approximate surface area is 142 Å². The van der Waals surface area contributed by atoms with Gasteiger partial charge in [-0.2, -0.15) is 0 Å². The summed E-state index contributed by atoms with van der Waals surface area (Å²) < 4.78 is 0. The minimum Gasteiger partial charge on any atom is -0.353 e. The van der Waals surface area contributed by atoms with E-state index in [-0.39, 0.29) is 11.7 Å². The zero-order valence-electron chi connectivity index (χ0n) is 13.8. The maximum Gasteiger partial charge on any atom is 0.220 e. The van der Waals surface area contributed by atoms with E-state index in [0.717, 1.165) is 43.8 Å². The van der Waals surface area contributed by atoms with E-state index in [1.165, 1.54) is 18.4 Å². The highest BCUT2D eigenvalue weighted by Crippen LogP contribution is 2.25. The average molecular weight is 334 g/mol. The van der Waals surface area contributed by atoms with Crippen LogP contribution in [-0.4, -0.2) is 35.7 Å². The summed E-state index contributed by atoms with van der Waals surface area (Å²) in [7, 11) is 0. The van der Waals surface area contributed by atoms with Crippen LogP contribution in [0.5, 0.6) is 0 Å². The number of nitrogens with zero attached hydrogens (tertiary/aromatic N) is 1. The highest BCUT2D eigenvalue weighted by molar-refractivity contribution is 7.12. The molecule has 0 spiro atoms. The Hall–Kier alpha value is -1.20. The number of carbonyl (C=O) groups is 2. The molecule has 1 saturated heterocycles. The molecule has 23 heavy (non-hydrogen) atoms. The van der Waals surface area contributed by atoms with Crippen molar-refractivity contribution in [3.8, 4) is 0 Å². The monoisotopic (exact) mass is 334 g/mol. The number of hydrogen-bond donors (Lipinski definition) is 1. The lowest BCUT2D eigenvalue weighted by atomic mass is 9.93. The fraction of sp³-hybridized carbons (Fsp3) is 0.667. The van der Waals surface area contributed by atoms with E-state index in [4.69, 9.17) is 0 Å². The van der Waals surface area contributed by atoms with E-state index in [1.54, 1.807) is 18.3 Å². The van der Waals surface area contributed by atoms with E-state index in [0.29, 0.717) is 18.4 Å². The lowest BCUT2D eigenvalue weighted by Crippen LogP contribution is -2.35. The van der Waals surface area contributed by atoms with Crippen LogP contribution in [0.25, 0.3) is 0 Å². The standard InChI is InChI=1S/C18H26N2O2S/c1-13(21)17-9-15(12-23-17)11-20-8-2-3-14(10-20)4-7-18(22)19-16-5-6-16/h9,12,14,16H,2-8,10-11H2,1H3,(H,19,22). The van der Waals surface area contributed by atoms with Gasteiger partial charge in [-0.15, -0.1) is 11.3 Å². The molecule has 4 nitrogen and oxygen atoms in total. The normalized spacial score (nSPS) is 22.0. The highest BCUT2D eigenvalue weighted by atomic mass is 32.1. The number of amides is 1. The van der Waals surface area contributed by atoms with Crippen LogP contribution in [-0.2, 0) is 11.3 Å². The van der Waals surface area contributed by atoms with E-state index in [1.807, 2.05) is 6.07 Å². The molecule has 1 saturated carbocycles. The summed E-state index contributed by atoms with van der Waals surface area (Å²) in [5.74, 6) is 1.01. The number of piperidine rings is 1. The van der Waals surface area contributed by atoms with Crippen molar-refractivity contribution in [1.29, 1.82) is 0 Å². The molecule has 1 unspecified atom stereocenters. The number of likely N-dealkylation sites (tertiary alicyclic amines) is 1. The lowest BCUT2D eigenvalue weighted by molar-refractivity contribution is -0.121. The number of Topliss-reactive ketones (excluding diaryl/α,β-unsaturated/α-hetero) is 1. The van der Waals surface area contributed by atoms with Crippen LogP contribution in [0.4, 0.5) is 0 Å². The molecule has 1 aromatic heterocycles. The van der Waals surface area contributed by atoms with Gasteiger partial charge in [0.25, 0.3) is 0 Å². The zero-order chi connectivity index (χ0) is 16.2. The van der Waals surface area contributed by atoms with Crippen LogP contribution >= 0.6 is 11.3 Å². The van der Waals surface area contributed by atoms with Crippen LogP contribution in [0.15, 0.2) is 11.4 Å². The molecule has 1 N–H and O–H groups in total. The topological polar surface area (TPSA) is 49.4 Å². The van der Waals surface area contributed by atoms with E-state index >= 15 is 0 Å². The molecule has 2 heterocycles. The van der Waals surface area contributed by atoms with Crippen molar-refractivity contribution in [3.63, 3.8) is 0 Å². The first-order chi connectivity index (χ1) is 11.1. The van der Waals surface area contributed by atoms with Gasteiger partial charge in [-0.05, 0) is 68.5 Å². The summed E-state index contributed by atoms with van der Waals surface area (Å²) in [5, 5.41) is 5.18. The van der Waals surface area contributed by atoms with Crippen LogP contribution in [0.1, 0.15) is 60.7 Å². The molecule has 1 aromatic rings. The summed E-state index contributed by atoms with van der Waals surface area (Å²) >= 11 is 1.54. The van der Waals surface area contributed by atoms with Crippen molar-refractivity contribution in [2.24, 2.45) is 5.92 Å². The van der Waals surface area contributed by atoms with Crippen molar-refractivity contribution in [3.05, 3.63) is 21.9 Å². The summed E-state index contributed by atoms with van der Waals surface area (Å²) in [5.41, 5.74) is 1.24. The minimum atomic E-state index is 0.152. The molecule has 126 valence electrons. The molecule has 1 atom stereocenters. The van der Waals surface area contributed by atoms with Gasteiger partial charge in [0.1, 0.15) is 0 Å². The molecular formula is C18H26N2O2S. The largest absolute Gasteiger partial charge is 0.353 e. The fourth-order valence-electron chi connectivity index (χ4n) is 3.29. The number of thiophene rings is 1. The van der Waals surface area contributed by atoms with Gasteiger partial charge in [0.05, 0.1) is 4.88 Å². The van der Waals surface area contributed by atoms with Gasteiger partial charge < -0.3 is 5.32 Å². The van der Waals surface area contributed by atoms with Crippen LogP contribution in [0.2, 0.25) is 0 Å². The second kappa shape index (κ2) is 7.58. The van der Waals surface area contributed by atoms with Gasteiger partial charge in [-0.25, -0.2) is 0 Å². The van der Waals surface area contributed by atoms with Crippen molar-refractivity contribution in [1.82, 2.24) is 10.2 Å². The van der Waals surface area contributed by atoms with Gasteiger partial charge in [-0.3, -0.25) is 14.5 Å². The number of carbonyl (C=O) groups excluding carboxylic acids is 2. The van der Waals surface area contributed by atoms with E-state index in [2.05, 4.69) is 15.6 Å². The molecule has 3 rings (SSSR count). The van der Waals surface area contributed by atoms with E-state index < -0.39 is 0 Å². The molecular weight excluding hydrogens is 308 g/mol. The molecule has 0 radical (unpaired) electrons. The number of nitrogens with one attached hydrogen (secondary N) is 1. The Kier molecular flexibility index (Phi) is 5.49. The summed E-state index contributed by atoms with van der Waals surface area (Å²) in [6.45, 7) is 4.74. The molecule has 0 aromatic carbocycles. The smallest absolute Gasteiger partial charge is 0.220 e. The lowest BCUT2D eigenvalue weighted by Gasteiger charge is -2.32. The van der Waals surface area contributed by atoms with Gasteiger partial charge in [-0.1, -0.05) is 0 Å². The van der Waals surface area contributed by atoms with Crippen molar-refractivity contribution in [2.45, 2.75) is 58.0 Å². The number of hydrogen-bond acceptors (Lipinski definition) is 4. The first-order valence-corrected chi connectivity index (χ1v) is 9.58. The molecule has 1 amide bonds. The third-order valence-electron chi connectivity index (χ3n) is 4.73. The Bertz CT molecular complexity index is 565. The minimum absolute atomic E-state index is 0.152. The molecule has 1 aliphatic heterocycles. The first-order valence-electron chi connectivity index (χ1n) is 8.70. The molecule has 2 aliphatic rings. The fourth-order valence-corrected chi connectivity index (χ4v) is 4.10. The Balaban J connectivity index is 1.43. The van der Waals surface area contributed by atoms with Gasteiger partial charge in [0.15, 0.2) is 5.78 Å². The Morgan fingerprint density at radius 2 is 2.17 bits per heavy atom. The van der Waals surface area contributed by atoms with Crippen molar-refractivity contribution in [2.75, 3.05) is 13.1 Å².